The molecule has 2 heterocycles. The molecule has 3 aromatic rings. The van der Waals surface area contributed by atoms with Crippen molar-refractivity contribution in [1.82, 2.24) is 14.5 Å². The van der Waals surface area contributed by atoms with Crippen molar-refractivity contribution in [3.63, 3.8) is 0 Å². The molecule has 0 N–H and O–H groups in total. The van der Waals surface area contributed by atoms with Gasteiger partial charge in [-0.1, -0.05) is 24.3 Å². The Morgan fingerprint density at radius 1 is 0.971 bits per heavy atom. The second-order valence-corrected chi connectivity index (χ2v) is 9.42. The highest BCUT2D eigenvalue weighted by Crippen LogP contribution is 2.32. The van der Waals surface area contributed by atoms with E-state index in [9.17, 15) is 9.59 Å². The summed E-state index contributed by atoms with van der Waals surface area (Å²) in [5.41, 5.74) is 1.86. The number of para-hydroxylation sites is 3. The number of anilines is 1. The number of rotatable bonds is 5. The van der Waals surface area contributed by atoms with Crippen LogP contribution < -0.4 is 15.2 Å². The van der Waals surface area contributed by atoms with Crippen LogP contribution in [0.25, 0.3) is 10.9 Å². The minimum Gasteiger partial charge on any atom is -0.495 e. The fraction of sp³-hybridized carbons (Fsp3) is 0.444. The number of nitrogens with zero attached hydrogens (tertiary/aromatic N) is 4. The van der Waals surface area contributed by atoms with Gasteiger partial charge in [0, 0.05) is 38.6 Å². The molecule has 1 aromatic heterocycles. The van der Waals surface area contributed by atoms with E-state index in [2.05, 4.69) is 16.0 Å². The molecule has 1 saturated carbocycles. The van der Waals surface area contributed by atoms with Crippen molar-refractivity contribution in [2.75, 3.05) is 38.2 Å². The topological polar surface area (TPSA) is 67.7 Å². The molecule has 1 amide bonds. The van der Waals surface area contributed by atoms with Crippen molar-refractivity contribution < 1.29 is 9.53 Å². The highest BCUT2D eigenvalue weighted by atomic mass is 16.5. The van der Waals surface area contributed by atoms with E-state index in [1.165, 1.54) is 0 Å². The molecule has 0 spiro atoms. The van der Waals surface area contributed by atoms with E-state index < -0.39 is 0 Å². The highest BCUT2D eigenvalue weighted by molar-refractivity contribution is 5.79. The van der Waals surface area contributed by atoms with Gasteiger partial charge >= 0.3 is 0 Å². The minimum atomic E-state index is 0.0247. The molecule has 0 bridgehead atoms. The average Bonchev–Trinajstić information content (AvgIpc) is 2.90. The molecule has 2 aromatic carbocycles. The maximum absolute atomic E-state index is 13.2. The molecule has 1 aliphatic heterocycles. The Morgan fingerprint density at radius 3 is 2.44 bits per heavy atom. The first kappa shape index (κ1) is 22.4. The number of hydrogen-bond donors (Lipinski definition) is 0. The van der Waals surface area contributed by atoms with E-state index in [4.69, 9.17) is 4.74 Å². The van der Waals surface area contributed by atoms with Crippen LogP contribution in [0.3, 0.4) is 0 Å². The predicted molar refractivity (Wildman–Crippen MR) is 133 cm³/mol. The van der Waals surface area contributed by atoms with Gasteiger partial charge < -0.3 is 14.5 Å². The van der Waals surface area contributed by atoms with E-state index in [1.807, 2.05) is 47.4 Å². The zero-order valence-electron chi connectivity index (χ0n) is 19.7. The van der Waals surface area contributed by atoms with Crippen LogP contribution in [0.15, 0.2) is 59.7 Å². The van der Waals surface area contributed by atoms with Crippen LogP contribution in [0.2, 0.25) is 0 Å². The zero-order valence-corrected chi connectivity index (χ0v) is 19.7. The highest BCUT2D eigenvalue weighted by Gasteiger charge is 2.31. The molecule has 2 aliphatic rings. The number of aromatic nitrogens is 2. The molecule has 1 saturated heterocycles. The summed E-state index contributed by atoms with van der Waals surface area (Å²) in [6.45, 7) is 3.80. The third-order valence-corrected chi connectivity index (χ3v) is 7.40. The van der Waals surface area contributed by atoms with Crippen molar-refractivity contribution in [2.45, 2.75) is 32.2 Å². The fourth-order valence-corrected chi connectivity index (χ4v) is 5.42. The van der Waals surface area contributed by atoms with Crippen molar-refractivity contribution in [3.05, 3.63) is 65.2 Å². The number of amides is 1. The van der Waals surface area contributed by atoms with Crippen molar-refractivity contribution in [1.29, 1.82) is 0 Å². The first-order valence-electron chi connectivity index (χ1n) is 12.2. The summed E-state index contributed by atoms with van der Waals surface area (Å²) >= 11 is 0. The largest absolute Gasteiger partial charge is 0.495 e. The molecule has 0 radical (unpaired) electrons. The summed E-state index contributed by atoms with van der Waals surface area (Å²) in [6.07, 6.45) is 5.40. The van der Waals surface area contributed by atoms with E-state index in [1.54, 1.807) is 18.0 Å². The fourth-order valence-electron chi connectivity index (χ4n) is 5.42. The Bertz CT molecular complexity index is 1210. The quantitative estimate of drug-likeness (QED) is 0.582. The van der Waals surface area contributed by atoms with E-state index in [0.717, 1.165) is 68.8 Å². The summed E-state index contributed by atoms with van der Waals surface area (Å²) in [4.78, 5) is 34.8. The lowest BCUT2D eigenvalue weighted by atomic mass is 9.81. The number of hydrogen-bond acceptors (Lipinski definition) is 5. The van der Waals surface area contributed by atoms with Gasteiger partial charge in [-0.2, -0.15) is 0 Å². The molecular weight excluding hydrogens is 428 g/mol. The zero-order chi connectivity index (χ0) is 23.5. The minimum absolute atomic E-state index is 0.0247. The number of carbonyl (C=O) groups excluding carboxylic acids is 1. The summed E-state index contributed by atoms with van der Waals surface area (Å²) in [6, 6.07) is 15.5. The van der Waals surface area contributed by atoms with Gasteiger partial charge in [-0.3, -0.25) is 14.2 Å². The monoisotopic (exact) mass is 460 g/mol. The predicted octanol–water partition coefficient (Wildman–Crippen LogP) is 3.56. The average molecular weight is 461 g/mol. The van der Waals surface area contributed by atoms with Crippen LogP contribution in [-0.4, -0.2) is 53.6 Å². The number of benzene rings is 2. The SMILES string of the molecule is COc1ccccc1N1CCN(C(=O)C2CCC(Cn3cnc4ccccc4c3=O)CC2)CC1. The van der Waals surface area contributed by atoms with Crippen LogP contribution in [-0.2, 0) is 11.3 Å². The van der Waals surface area contributed by atoms with Gasteiger partial charge in [0.2, 0.25) is 5.91 Å². The summed E-state index contributed by atoms with van der Waals surface area (Å²) < 4.78 is 7.24. The second kappa shape index (κ2) is 9.87. The lowest BCUT2D eigenvalue weighted by Gasteiger charge is -2.39. The van der Waals surface area contributed by atoms with Gasteiger partial charge in [-0.05, 0) is 55.9 Å². The molecule has 178 valence electrons. The molecule has 2 fully saturated rings. The second-order valence-electron chi connectivity index (χ2n) is 9.42. The first-order chi connectivity index (χ1) is 16.6. The molecule has 34 heavy (non-hydrogen) atoms. The Morgan fingerprint density at radius 2 is 1.68 bits per heavy atom. The van der Waals surface area contributed by atoms with Crippen LogP contribution in [0.5, 0.6) is 5.75 Å². The number of carbonyl (C=O) groups is 1. The lowest BCUT2D eigenvalue weighted by Crippen LogP contribution is -2.50. The third-order valence-electron chi connectivity index (χ3n) is 7.40. The Labute approximate surface area is 200 Å². The molecule has 1 aliphatic carbocycles. The Hall–Kier alpha value is -3.35. The number of piperazine rings is 1. The van der Waals surface area contributed by atoms with Crippen LogP contribution in [0.1, 0.15) is 25.7 Å². The Balaban J connectivity index is 1.14. The van der Waals surface area contributed by atoms with E-state index in [-0.39, 0.29) is 11.5 Å². The molecule has 0 unspecified atom stereocenters. The summed E-state index contributed by atoms with van der Waals surface area (Å²) in [5.74, 6) is 1.68. The van der Waals surface area contributed by atoms with Crippen molar-refractivity contribution in [2.24, 2.45) is 11.8 Å². The summed E-state index contributed by atoms with van der Waals surface area (Å²) in [7, 11) is 1.70. The van der Waals surface area contributed by atoms with E-state index in [0.29, 0.717) is 23.8 Å². The summed E-state index contributed by atoms with van der Waals surface area (Å²) in [5, 5.41) is 0.668. The van der Waals surface area contributed by atoms with Gasteiger partial charge in [-0.25, -0.2) is 4.98 Å². The van der Waals surface area contributed by atoms with Gasteiger partial charge in [-0.15, -0.1) is 0 Å². The standard InChI is InChI=1S/C27H32N4O3/c1-34-25-9-5-4-8-24(25)29-14-16-30(17-15-29)26(32)21-12-10-20(11-13-21)18-31-19-28-23-7-3-2-6-22(23)27(31)33/h2-9,19-21H,10-18H2,1H3. The normalized spacial score (nSPS) is 21.0. The van der Waals surface area contributed by atoms with Crippen molar-refractivity contribution in [3.8, 4) is 5.75 Å². The van der Waals surface area contributed by atoms with Gasteiger partial charge in [0.25, 0.3) is 5.56 Å². The van der Waals surface area contributed by atoms with Crippen LogP contribution in [0.4, 0.5) is 5.69 Å². The first-order valence-corrected chi connectivity index (χ1v) is 12.2. The van der Waals surface area contributed by atoms with Crippen LogP contribution in [0, 0.1) is 11.8 Å². The maximum atomic E-state index is 13.2. The number of methoxy groups -OCH3 is 1. The van der Waals surface area contributed by atoms with Gasteiger partial charge in [0.15, 0.2) is 0 Å². The van der Waals surface area contributed by atoms with Crippen LogP contribution >= 0.6 is 0 Å². The molecule has 7 nitrogen and oxygen atoms in total. The third kappa shape index (κ3) is 4.52. The smallest absolute Gasteiger partial charge is 0.261 e. The molecule has 5 rings (SSSR count). The van der Waals surface area contributed by atoms with E-state index >= 15 is 0 Å². The lowest BCUT2D eigenvalue weighted by molar-refractivity contribution is -0.137. The Kier molecular flexibility index (Phi) is 6.52. The number of ether oxygens (including phenoxy) is 1. The molecule has 0 atom stereocenters. The molecular formula is C27H32N4O3. The van der Waals surface area contributed by atoms with Gasteiger partial charge in [0.05, 0.1) is 30.0 Å². The van der Waals surface area contributed by atoms with Crippen molar-refractivity contribution >= 4 is 22.5 Å². The molecule has 7 heteroatoms. The number of fused-ring (bicyclic) bond motifs is 1. The van der Waals surface area contributed by atoms with Gasteiger partial charge in [0.1, 0.15) is 5.75 Å². The maximum Gasteiger partial charge on any atom is 0.261 e.